The molecule has 1 saturated heterocycles. The van der Waals surface area contributed by atoms with E-state index in [1.54, 1.807) is 4.52 Å². The molecule has 1 fully saturated rings. The number of carbonyl (C=O) groups excluding carboxylic acids is 1. The molecule has 3 heterocycles. The van der Waals surface area contributed by atoms with E-state index in [9.17, 15) is 4.79 Å². The maximum Gasteiger partial charge on any atom is 0.307 e. The van der Waals surface area contributed by atoms with Crippen LogP contribution in [0.25, 0.3) is 5.78 Å². The lowest BCUT2D eigenvalue weighted by atomic mass is 9.99. The number of piperidine rings is 1. The van der Waals surface area contributed by atoms with Crippen LogP contribution in [0.1, 0.15) is 31.4 Å². The second-order valence-electron chi connectivity index (χ2n) is 5.35. The number of ether oxygens (including phenoxy) is 1. The Hall–Kier alpha value is -2.18. The third-order valence-corrected chi connectivity index (χ3v) is 3.91. The van der Waals surface area contributed by atoms with E-state index in [4.69, 9.17) is 4.74 Å². The minimum atomic E-state index is -0.174. The van der Waals surface area contributed by atoms with Crippen LogP contribution in [0.15, 0.2) is 12.4 Å². The zero-order valence-electron chi connectivity index (χ0n) is 12.3. The van der Waals surface area contributed by atoms with Crippen LogP contribution in [0.2, 0.25) is 0 Å². The maximum absolute atomic E-state index is 11.6. The summed E-state index contributed by atoms with van der Waals surface area (Å²) in [4.78, 5) is 22.4. The van der Waals surface area contributed by atoms with Crippen LogP contribution >= 0.6 is 0 Å². The molecule has 1 unspecified atom stereocenters. The number of nitrogens with zero attached hydrogens (tertiary/aromatic N) is 5. The molecule has 0 amide bonds. The Balaban J connectivity index is 1.97. The van der Waals surface area contributed by atoms with Crippen LogP contribution in [-0.2, 0) is 9.53 Å². The first-order chi connectivity index (χ1) is 10.2. The van der Waals surface area contributed by atoms with Crippen molar-refractivity contribution in [2.24, 2.45) is 0 Å². The topological polar surface area (TPSA) is 72.6 Å². The summed E-state index contributed by atoms with van der Waals surface area (Å²) in [6.07, 6.45) is 5.11. The Morgan fingerprint density at radius 3 is 3.14 bits per heavy atom. The first-order valence-corrected chi connectivity index (χ1v) is 7.20. The molecular formula is C14H19N5O2. The first-order valence-electron chi connectivity index (χ1n) is 7.20. The lowest BCUT2D eigenvalue weighted by Crippen LogP contribution is -2.42. The summed E-state index contributed by atoms with van der Waals surface area (Å²) in [5, 5.41) is 4.25. The van der Waals surface area contributed by atoms with E-state index in [0.29, 0.717) is 12.2 Å². The number of aryl methyl sites for hydroxylation is 1. The van der Waals surface area contributed by atoms with Gasteiger partial charge >= 0.3 is 5.97 Å². The third-order valence-electron chi connectivity index (χ3n) is 3.91. The number of methoxy groups -OCH3 is 1. The fourth-order valence-corrected chi connectivity index (χ4v) is 2.91. The Morgan fingerprint density at radius 2 is 2.33 bits per heavy atom. The molecule has 7 heteroatoms. The van der Waals surface area contributed by atoms with Crippen LogP contribution in [-0.4, -0.2) is 45.2 Å². The summed E-state index contributed by atoms with van der Waals surface area (Å²) in [6, 6.07) is 2.14. The van der Waals surface area contributed by atoms with Crippen LogP contribution in [0, 0.1) is 6.92 Å². The zero-order chi connectivity index (χ0) is 14.8. The molecular weight excluding hydrogens is 270 g/mol. The smallest absolute Gasteiger partial charge is 0.307 e. The number of anilines is 1. The van der Waals surface area contributed by atoms with Gasteiger partial charge in [-0.2, -0.15) is 14.6 Å². The largest absolute Gasteiger partial charge is 0.469 e. The lowest BCUT2D eigenvalue weighted by molar-refractivity contribution is -0.141. The molecule has 0 aliphatic carbocycles. The van der Waals surface area contributed by atoms with Crippen LogP contribution in [0.4, 0.5) is 5.82 Å². The molecule has 1 atom stereocenters. The van der Waals surface area contributed by atoms with Crippen molar-refractivity contribution < 1.29 is 9.53 Å². The van der Waals surface area contributed by atoms with E-state index in [1.807, 2.05) is 13.0 Å². The highest BCUT2D eigenvalue weighted by molar-refractivity contribution is 5.70. The monoisotopic (exact) mass is 289 g/mol. The molecule has 2 aromatic heterocycles. The Bertz CT molecular complexity index is 654. The molecule has 3 rings (SSSR count). The van der Waals surface area contributed by atoms with Gasteiger partial charge in [-0.3, -0.25) is 4.79 Å². The summed E-state index contributed by atoms with van der Waals surface area (Å²) in [7, 11) is 1.43. The predicted octanol–water partition coefficient (Wildman–Crippen LogP) is 1.35. The molecule has 0 saturated carbocycles. The predicted molar refractivity (Wildman–Crippen MR) is 77.1 cm³/mol. The van der Waals surface area contributed by atoms with Crippen molar-refractivity contribution >= 4 is 17.6 Å². The number of hydrogen-bond acceptors (Lipinski definition) is 6. The van der Waals surface area contributed by atoms with Gasteiger partial charge in [-0.15, -0.1) is 0 Å². The molecule has 1 aliphatic rings. The minimum Gasteiger partial charge on any atom is -0.469 e. The average molecular weight is 289 g/mol. The third kappa shape index (κ3) is 2.68. The van der Waals surface area contributed by atoms with Gasteiger partial charge in [-0.1, -0.05) is 0 Å². The van der Waals surface area contributed by atoms with E-state index in [-0.39, 0.29) is 12.0 Å². The second-order valence-corrected chi connectivity index (χ2v) is 5.35. The van der Waals surface area contributed by atoms with Gasteiger partial charge in [0.2, 0.25) is 0 Å². The first kappa shape index (κ1) is 13.8. The molecule has 21 heavy (non-hydrogen) atoms. The van der Waals surface area contributed by atoms with Crippen molar-refractivity contribution in [1.29, 1.82) is 0 Å². The van der Waals surface area contributed by atoms with E-state index >= 15 is 0 Å². The molecule has 0 spiro atoms. The van der Waals surface area contributed by atoms with Gasteiger partial charge in [0.05, 0.1) is 13.5 Å². The second kappa shape index (κ2) is 5.67. The number of esters is 1. The van der Waals surface area contributed by atoms with E-state index in [0.717, 1.165) is 37.3 Å². The van der Waals surface area contributed by atoms with Crippen molar-refractivity contribution in [3.8, 4) is 0 Å². The number of fused-ring (bicyclic) bond motifs is 1. The fraction of sp³-hybridized carbons (Fsp3) is 0.571. The SMILES string of the molecule is COC(=O)CC1CCCCN1c1cc(C)nc2ncnn12. The van der Waals surface area contributed by atoms with Crippen molar-refractivity contribution in [2.75, 3.05) is 18.6 Å². The van der Waals surface area contributed by atoms with Crippen molar-refractivity contribution in [1.82, 2.24) is 19.6 Å². The highest BCUT2D eigenvalue weighted by atomic mass is 16.5. The van der Waals surface area contributed by atoms with Gasteiger partial charge in [0, 0.05) is 24.3 Å². The van der Waals surface area contributed by atoms with Gasteiger partial charge < -0.3 is 9.64 Å². The summed E-state index contributed by atoms with van der Waals surface area (Å²) in [6.45, 7) is 2.84. The highest BCUT2D eigenvalue weighted by Gasteiger charge is 2.27. The highest BCUT2D eigenvalue weighted by Crippen LogP contribution is 2.27. The number of aromatic nitrogens is 4. The average Bonchev–Trinajstić information content (AvgIpc) is 2.95. The summed E-state index contributed by atoms with van der Waals surface area (Å²) in [5.41, 5.74) is 0.896. The van der Waals surface area contributed by atoms with Crippen LogP contribution in [0.5, 0.6) is 0 Å². The normalized spacial score (nSPS) is 19.0. The lowest BCUT2D eigenvalue weighted by Gasteiger charge is -2.36. The molecule has 0 aromatic carbocycles. The van der Waals surface area contributed by atoms with Gasteiger partial charge in [-0.25, -0.2) is 4.98 Å². The maximum atomic E-state index is 11.6. The molecule has 2 aromatic rings. The molecule has 0 radical (unpaired) electrons. The van der Waals surface area contributed by atoms with Gasteiger partial charge in [0.1, 0.15) is 12.1 Å². The number of hydrogen-bond donors (Lipinski definition) is 0. The van der Waals surface area contributed by atoms with Gasteiger partial charge in [0.15, 0.2) is 0 Å². The Morgan fingerprint density at radius 1 is 1.48 bits per heavy atom. The molecule has 112 valence electrons. The van der Waals surface area contributed by atoms with E-state index < -0.39 is 0 Å². The minimum absolute atomic E-state index is 0.139. The van der Waals surface area contributed by atoms with Gasteiger partial charge in [-0.05, 0) is 26.2 Å². The standard InChI is InChI=1S/C14H19N5O2/c1-10-7-12(19-14(17-10)15-9-16-19)18-6-4-3-5-11(18)8-13(20)21-2/h7,9,11H,3-6,8H2,1-2H3. The van der Waals surface area contributed by atoms with Crippen molar-refractivity contribution in [3.63, 3.8) is 0 Å². The van der Waals surface area contributed by atoms with E-state index in [1.165, 1.54) is 13.4 Å². The van der Waals surface area contributed by atoms with Crippen LogP contribution < -0.4 is 4.90 Å². The summed E-state index contributed by atoms with van der Waals surface area (Å²) < 4.78 is 6.56. The number of rotatable bonds is 3. The quantitative estimate of drug-likeness (QED) is 0.794. The van der Waals surface area contributed by atoms with Gasteiger partial charge in [0.25, 0.3) is 5.78 Å². The van der Waals surface area contributed by atoms with Crippen molar-refractivity contribution in [2.45, 2.75) is 38.6 Å². The Labute approximate surface area is 122 Å². The van der Waals surface area contributed by atoms with Crippen LogP contribution in [0.3, 0.4) is 0 Å². The van der Waals surface area contributed by atoms with E-state index in [2.05, 4.69) is 20.0 Å². The summed E-state index contributed by atoms with van der Waals surface area (Å²) in [5.74, 6) is 1.36. The fourth-order valence-electron chi connectivity index (χ4n) is 2.91. The zero-order valence-corrected chi connectivity index (χ0v) is 12.3. The molecule has 1 aliphatic heterocycles. The molecule has 0 N–H and O–H groups in total. The number of carbonyl (C=O) groups is 1. The summed E-state index contributed by atoms with van der Waals surface area (Å²) >= 11 is 0. The van der Waals surface area contributed by atoms with Crippen molar-refractivity contribution in [3.05, 3.63) is 18.1 Å². The molecule has 7 nitrogen and oxygen atoms in total. The Kier molecular flexibility index (Phi) is 3.72. The molecule has 0 bridgehead atoms.